The number of anilines is 1. The summed E-state index contributed by atoms with van der Waals surface area (Å²) in [5.41, 5.74) is 7.63. The summed E-state index contributed by atoms with van der Waals surface area (Å²) in [4.78, 5) is 4.05. The lowest BCUT2D eigenvalue weighted by Gasteiger charge is -2.21. The number of rotatable bonds is 19. The largest absolute Gasteiger partial charge is 0.425 e. The highest BCUT2D eigenvalue weighted by Gasteiger charge is 2.33. The number of para-hydroxylation sites is 1. The van der Waals surface area contributed by atoms with Gasteiger partial charge in [-0.1, -0.05) is 82.0 Å². The molecule has 262 valence electrons. The second-order valence-electron chi connectivity index (χ2n) is 11.5. The van der Waals surface area contributed by atoms with Crippen LogP contribution in [0.1, 0.15) is 103 Å². The first kappa shape index (κ1) is 40.6. The van der Waals surface area contributed by atoms with Crippen molar-refractivity contribution >= 4 is 31.5 Å². The first-order chi connectivity index (χ1) is 22.7. The van der Waals surface area contributed by atoms with Gasteiger partial charge in [-0.15, -0.1) is 0 Å². The fraction of sp³-hybridized carbons (Fsp3) is 0.606. The third-order valence-electron chi connectivity index (χ3n) is 6.85. The van der Waals surface area contributed by atoms with Gasteiger partial charge in [0.2, 0.25) is 0 Å². The molecule has 0 saturated carbocycles. The van der Waals surface area contributed by atoms with Crippen LogP contribution in [0.5, 0.6) is 5.75 Å². The quantitative estimate of drug-likeness (QED) is 0.0634. The van der Waals surface area contributed by atoms with Crippen molar-refractivity contribution in [3.05, 3.63) is 53.4 Å². The Hall–Kier alpha value is -2.59. The molecular weight excluding hydrogens is 645 g/mol. The summed E-state index contributed by atoms with van der Waals surface area (Å²) in [5, 5.41) is 27.5. The molecule has 0 radical (unpaired) electrons. The van der Waals surface area contributed by atoms with Crippen molar-refractivity contribution < 1.29 is 33.3 Å². The van der Waals surface area contributed by atoms with Gasteiger partial charge >= 0.3 is 8.60 Å². The van der Waals surface area contributed by atoms with E-state index in [1.165, 1.54) is 71.5 Å². The second-order valence-corrected chi connectivity index (χ2v) is 13.0. The molecule has 1 saturated heterocycles. The van der Waals surface area contributed by atoms with Gasteiger partial charge in [0.25, 0.3) is 0 Å². The number of fused-ring (bicyclic) bond motifs is 1. The SMILES string of the molecule is C#N.CC(C)(O)O.CCCCCCCCCCCOCCOP(Oc1ccccc1Cl)OC1CCC(c2ccc3c(N)ncnn23)O1. The van der Waals surface area contributed by atoms with Crippen LogP contribution >= 0.6 is 20.2 Å². The van der Waals surface area contributed by atoms with E-state index in [0.717, 1.165) is 30.7 Å². The summed E-state index contributed by atoms with van der Waals surface area (Å²) < 4.78 is 32.0. The first-order valence-corrected chi connectivity index (χ1v) is 17.7. The minimum Gasteiger partial charge on any atom is -0.425 e. The maximum absolute atomic E-state index is 8.08. The van der Waals surface area contributed by atoms with Crippen LogP contribution in [0.2, 0.25) is 5.02 Å². The lowest BCUT2D eigenvalue weighted by atomic mass is 10.1. The van der Waals surface area contributed by atoms with E-state index in [0.29, 0.717) is 36.2 Å². The van der Waals surface area contributed by atoms with Gasteiger partial charge in [-0.3, -0.25) is 9.05 Å². The summed E-state index contributed by atoms with van der Waals surface area (Å²) >= 11 is 6.32. The van der Waals surface area contributed by atoms with Crippen LogP contribution in [0.3, 0.4) is 0 Å². The normalized spacial score (nSPS) is 16.6. The van der Waals surface area contributed by atoms with Gasteiger partial charge in [0.1, 0.15) is 23.7 Å². The molecule has 0 aliphatic carbocycles. The molecule has 4 rings (SSSR count). The monoisotopic (exact) mass is 695 g/mol. The minimum absolute atomic E-state index is 0.196. The van der Waals surface area contributed by atoms with E-state index in [1.807, 2.05) is 24.3 Å². The lowest BCUT2D eigenvalue weighted by Crippen LogP contribution is -2.15. The second kappa shape index (κ2) is 22.9. The third-order valence-corrected chi connectivity index (χ3v) is 8.31. The van der Waals surface area contributed by atoms with Gasteiger partial charge in [-0.25, -0.2) is 14.8 Å². The fourth-order valence-electron chi connectivity index (χ4n) is 4.68. The highest BCUT2D eigenvalue weighted by Crippen LogP contribution is 2.47. The van der Waals surface area contributed by atoms with E-state index in [4.69, 9.17) is 55.9 Å². The van der Waals surface area contributed by atoms with Crippen molar-refractivity contribution in [1.82, 2.24) is 14.6 Å². The molecule has 1 aliphatic heterocycles. The summed E-state index contributed by atoms with van der Waals surface area (Å²) in [6.45, 7) is 9.90. The molecule has 1 aliphatic rings. The molecule has 1 aromatic carbocycles. The van der Waals surface area contributed by atoms with Crippen LogP contribution in [0, 0.1) is 11.8 Å². The Balaban J connectivity index is 0.00000100. The zero-order valence-electron chi connectivity index (χ0n) is 27.8. The van der Waals surface area contributed by atoms with Gasteiger partial charge in [-0.2, -0.15) is 5.10 Å². The number of nitrogen functional groups attached to an aromatic ring is 1. The maximum Gasteiger partial charge on any atom is 0.399 e. The standard InChI is InChI=1S/C29H42ClN4O5P.C3H8O2.CHN/c1-2-3-4-5-6-7-8-9-12-19-35-20-21-36-40(38-26-14-11-10-13-23(26)30)39-28-18-17-27(37-28)24-15-16-25-29(31)32-22-33-34(24)25;1-3(2,4)5;1-2/h10-11,13-16,22,27-28H,2-9,12,17-21H2,1H3,(H2,31,32,33);4-5H,1-2H3;1H. The zero-order chi connectivity index (χ0) is 34.5. The number of hydrogen-bond donors (Lipinski definition) is 3. The number of nitrogens with two attached hydrogens (primary N) is 1. The molecule has 14 heteroatoms. The first-order valence-electron chi connectivity index (χ1n) is 16.2. The molecule has 12 nitrogen and oxygen atoms in total. The zero-order valence-corrected chi connectivity index (χ0v) is 29.5. The summed E-state index contributed by atoms with van der Waals surface area (Å²) in [6, 6.07) is 11.1. The molecule has 2 aromatic heterocycles. The predicted molar refractivity (Wildman–Crippen MR) is 184 cm³/mol. The number of nitriles is 1. The van der Waals surface area contributed by atoms with E-state index in [-0.39, 0.29) is 6.10 Å². The third kappa shape index (κ3) is 16.4. The number of ether oxygens (including phenoxy) is 2. The highest BCUT2D eigenvalue weighted by molar-refractivity contribution is 7.42. The topological polar surface area (TPSA) is 167 Å². The Kier molecular flexibility index (Phi) is 19.8. The molecule has 47 heavy (non-hydrogen) atoms. The Bertz CT molecular complexity index is 1290. The van der Waals surface area contributed by atoms with Crippen LogP contribution < -0.4 is 10.3 Å². The van der Waals surface area contributed by atoms with E-state index < -0.39 is 20.7 Å². The Morgan fingerprint density at radius 3 is 2.34 bits per heavy atom. The Labute approximate surface area is 285 Å². The molecule has 3 heterocycles. The molecule has 0 bridgehead atoms. The van der Waals surface area contributed by atoms with Crippen molar-refractivity contribution in [1.29, 1.82) is 5.26 Å². The van der Waals surface area contributed by atoms with Gasteiger partial charge in [0, 0.05) is 19.6 Å². The van der Waals surface area contributed by atoms with Crippen molar-refractivity contribution in [2.45, 2.75) is 110 Å². The van der Waals surface area contributed by atoms with Crippen LogP contribution in [0.4, 0.5) is 5.82 Å². The molecule has 1 fully saturated rings. The molecule has 4 N–H and O–H groups in total. The van der Waals surface area contributed by atoms with Gasteiger partial charge in [0.05, 0.1) is 23.9 Å². The number of hydrogen-bond acceptors (Lipinski definition) is 11. The highest BCUT2D eigenvalue weighted by atomic mass is 35.5. The fourth-order valence-corrected chi connectivity index (χ4v) is 5.95. The lowest BCUT2D eigenvalue weighted by molar-refractivity contribution is -0.127. The van der Waals surface area contributed by atoms with Gasteiger partial charge in [-0.05, 0) is 51.0 Å². The molecule has 3 aromatic rings. The van der Waals surface area contributed by atoms with Gasteiger partial charge in [0.15, 0.2) is 17.9 Å². The van der Waals surface area contributed by atoms with E-state index >= 15 is 0 Å². The average molecular weight is 696 g/mol. The molecule has 3 atom stereocenters. The van der Waals surface area contributed by atoms with Crippen molar-refractivity contribution in [2.75, 3.05) is 25.6 Å². The molecular formula is C33H51ClN5O7P. The van der Waals surface area contributed by atoms with Crippen LogP contribution in [-0.2, 0) is 18.5 Å². The molecule has 0 amide bonds. The van der Waals surface area contributed by atoms with Gasteiger partial charge < -0.3 is 29.9 Å². The van der Waals surface area contributed by atoms with E-state index in [9.17, 15) is 0 Å². The number of aromatic nitrogens is 3. The smallest absolute Gasteiger partial charge is 0.399 e. The number of unbranched alkanes of at least 4 members (excludes halogenated alkanes) is 8. The summed E-state index contributed by atoms with van der Waals surface area (Å²) in [6.07, 6.45) is 13.8. The van der Waals surface area contributed by atoms with E-state index in [1.54, 1.807) is 16.6 Å². The number of nitrogens with zero attached hydrogens (tertiary/aromatic N) is 4. The number of halogens is 1. The van der Waals surface area contributed by atoms with Crippen LogP contribution in [0.15, 0.2) is 42.7 Å². The molecule has 0 spiro atoms. The van der Waals surface area contributed by atoms with Crippen LogP contribution in [-0.4, -0.2) is 56.7 Å². The molecule has 3 unspecified atom stereocenters. The number of aliphatic hydroxyl groups is 2. The summed E-state index contributed by atoms with van der Waals surface area (Å²) in [5.74, 6) is -0.567. The average Bonchev–Trinajstić information content (AvgIpc) is 3.68. The summed E-state index contributed by atoms with van der Waals surface area (Å²) in [7, 11) is -1.76. The van der Waals surface area contributed by atoms with E-state index in [2.05, 4.69) is 23.6 Å². The Morgan fingerprint density at radius 2 is 1.66 bits per heavy atom. The number of benzene rings is 1. The maximum atomic E-state index is 8.08. The van der Waals surface area contributed by atoms with Crippen molar-refractivity contribution in [3.8, 4) is 12.3 Å². The van der Waals surface area contributed by atoms with Crippen molar-refractivity contribution in [2.24, 2.45) is 0 Å². The Morgan fingerprint density at radius 1 is 1.00 bits per heavy atom. The van der Waals surface area contributed by atoms with Crippen LogP contribution in [0.25, 0.3) is 5.52 Å². The van der Waals surface area contributed by atoms with Crippen molar-refractivity contribution in [3.63, 3.8) is 0 Å². The minimum atomic E-state index is -1.76. The predicted octanol–water partition coefficient (Wildman–Crippen LogP) is 7.88.